The van der Waals surface area contributed by atoms with Crippen LogP contribution in [-0.2, 0) is 15.7 Å². The van der Waals surface area contributed by atoms with Crippen molar-refractivity contribution in [2.45, 2.75) is 45.5 Å². The number of hydrogen-bond acceptors (Lipinski definition) is 2. The van der Waals surface area contributed by atoms with Crippen LogP contribution in [-0.4, -0.2) is 29.2 Å². The SMILES string of the molecule is CO/C(=C(/C(=C=O)[Si](C)(C)C)[Si](C)(C)C)c1ccc(C(F)(F)F)cc1. The van der Waals surface area contributed by atoms with Crippen LogP contribution in [0.2, 0.25) is 39.3 Å². The Bertz CT molecular complexity index is 700. The number of halogens is 3. The maximum Gasteiger partial charge on any atom is 0.416 e. The standard InChI is InChI=1S/C18H25F3O2Si2/c1-23-16(13-8-10-14(11-9-13)18(19,20)21)17(25(5,6)7)15(12-22)24(2,3)4/h8-11H,1-7H3/b17-16-. The van der Waals surface area contributed by atoms with Crippen molar-refractivity contribution in [1.29, 1.82) is 0 Å². The Hall–Kier alpha value is -1.57. The Morgan fingerprint density at radius 2 is 1.44 bits per heavy atom. The van der Waals surface area contributed by atoms with Crippen LogP contribution in [0.15, 0.2) is 34.7 Å². The van der Waals surface area contributed by atoms with E-state index in [1.54, 1.807) is 0 Å². The zero-order valence-corrected chi connectivity index (χ0v) is 17.8. The van der Waals surface area contributed by atoms with Crippen LogP contribution in [0.1, 0.15) is 11.1 Å². The summed E-state index contributed by atoms with van der Waals surface area (Å²) < 4.78 is 44.0. The normalized spacial score (nSPS) is 13.8. The average molecular weight is 387 g/mol. The molecule has 0 saturated heterocycles. The first-order valence-corrected chi connectivity index (χ1v) is 15.0. The number of alkyl halides is 3. The predicted molar refractivity (Wildman–Crippen MR) is 101 cm³/mol. The lowest BCUT2D eigenvalue weighted by atomic mass is 10.1. The van der Waals surface area contributed by atoms with Crippen molar-refractivity contribution in [2.75, 3.05) is 7.11 Å². The Balaban J connectivity index is 3.70. The average Bonchev–Trinajstić information content (AvgIpc) is 2.44. The fourth-order valence-corrected chi connectivity index (χ4v) is 7.73. The van der Waals surface area contributed by atoms with E-state index in [4.69, 9.17) is 4.74 Å². The molecule has 7 heteroatoms. The number of ether oxygens (including phenoxy) is 1. The van der Waals surface area contributed by atoms with Gasteiger partial charge in [-0.25, -0.2) is 4.79 Å². The Labute approximate surface area is 149 Å². The highest BCUT2D eigenvalue weighted by molar-refractivity contribution is 6.93. The van der Waals surface area contributed by atoms with E-state index < -0.39 is 27.9 Å². The highest BCUT2D eigenvalue weighted by atomic mass is 28.3. The molecular formula is C18H25F3O2Si2. The van der Waals surface area contributed by atoms with Gasteiger partial charge in [0.15, 0.2) is 0 Å². The van der Waals surface area contributed by atoms with Crippen LogP contribution in [0.25, 0.3) is 5.76 Å². The second-order valence-electron chi connectivity index (χ2n) is 7.96. The molecule has 1 aromatic carbocycles. The van der Waals surface area contributed by atoms with Crippen molar-refractivity contribution in [3.8, 4) is 0 Å². The van der Waals surface area contributed by atoms with Gasteiger partial charge >= 0.3 is 6.18 Å². The number of benzene rings is 1. The molecule has 1 rings (SSSR count). The third-order valence-electron chi connectivity index (χ3n) is 3.76. The smallest absolute Gasteiger partial charge is 0.416 e. The summed E-state index contributed by atoms with van der Waals surface area (Å²) in [5.41, 5.74) is -0.170. The second kappa shape index (κ2) is 7.35. The lowest BCUT2D eigenvalue weighted by molar-refractivity contribution is -0.137. The van der Waals surface area contributed by atoms with Crippen molar-refractivity contribution < 1.29 is 22.7 Å². The Morgan fingerprint density at radius 3 is 1.72 bits per heavy atom. The zero-order valence-electron chi connectivity index (χ0n) is 15.8. The van der Waals surface area contributed by atoms with Gasteiger partial charge < -0.3 is 4.74 Å². The molecule has 0 aliphatic rings. The summed E-state index contributed by atoms with van der Waals surface area (Å²) in [5.74, 6) is 2.59. The van der Waals surface area contributed by atoms with Crippen molar-refractivity contribution in [2.24, 2.45) is 0 Å². The van der Waals surface area contributed by atoms with E-state index >= 15 is 0 Å². The molecule has 0 bridgehead atoms. The van der Waals surface area contributed by atoms with Crippen molar-refractivity contribution in [3.63, 3.8) is 0 Å². The maximum atomic E-state index is 12.8. The van der Waals surface area contributed by atoms with E-state index in [-0.39, 0.29) is 0 Å². The Kier molecular flexibility index (Phi) is 6.32. The Morgan fingerprint density at radius 1 is 0.960 bits per heavy atom. The molecule has 0 saturated carbocycles. The fraction of sp³-hybridized carbons (Fsp3) is 0.444. The number of allylic oxidation sites excluding steroid dienone is 2. The van der Waals surface area contributed by atoms with Crippen LogP contribution >= 0.6 is 0 Å². The summed E-state index contributed by atoms with van der Waals surface area (Å²) in [6, 6.07) is 4.87. The molecule has 138 valence electrons. The molecule has 25 heavy (non-hydrogen) atoms. The highest BCUT2D eigenvalue weighted by Gasteiger charge is 2.36. The van der Waals surface area contributed by atoms with Crippen LogP contribution in [0.5, 0.6) is 0 Å². The number of carbonyl (C=O) groups excluding carboxylic acids is 1. The van der Waals surface area contributed by atoms with E-state index in [2.05, 4.69) is 25.6 Å². The van der Waals surface area contributed by atoms with Crippen LogP contribution in [0, 0.1) is 0 Å². The first-order chi connectivity index (χ1) is 11.2. The molecule has 1 aromatic rings. The van der Waals surface area contributed by atoms with Gasteiger partial charge in [0.2, 0.25) is 0 Å². The van der Waals surface area contributed by atoms with Crippen LogP contribution < -0.4 is 0 Å². The fourth-order valence-electron chi connectivity index (χ4n) is 2.58. The molecule has 0 fully saturated rings. The van der Waals surface area contributed by atoms with E-state index in [9.17, 15) is 18.0 Å². The number of hydrogen-bond donors (Lipinski definition) is 0. The quantitative estimate of drug-likeness (QED) is 0.286. The number of rotatable bonds is 5. The first-order valence-electron chi connectivity index (χ1n) is 7.95. The summed E-state index contributed by atoms with van der Waals surface area (Å²) in [7, 11) is -2.55. The first kappa shape index (κ1) is 21.5. The van der Waals surface area contributed by atoms with Crippen LogP contribution in [0.3, 0.4) is 0 Å². The molecule has 0 aliphatic heterocycles. The zero-order chi connectivity index (χ0) is 19.6. The lowest BCUT2D eigenvalue weighted by Gasteiger charge is -2.30. The van der Waals surface area contributed by atoms with E-state index in [0.717, 1.165) is 17.3 Å². The van der Waals surface area contributed by atoms with Crippen molar-refractivity contribution >= 4 is 27.8 Å². The van der Waals surface area contributed by atoms with Gasteiger partial charge in [0.05, 0.1) is 28.8 Å². The van der Waals surface area contributed by atoms with Gasteiger partial charge in [-0.1, -0.05) is 51.4 Å². The molecular weight excluding hydrogens is 361 g/mol. The largest absolute Gasteiger partial charge is 0.496 e. The maximum absolute atomic E-state index is 12.8. The highest BCUT2D eigenvalue weighted by Crippen LogP contribution is 2.36. The molecule has 0 heterocycles. The monoisotopic (exact) mass is 386 g/mol. The van der Waals surface area contributed by atoms with Crippen molar-refractivity contribution in [3.05, 3.63) is 45.8 Å². The summed E-state index contributed by atoms with van der Waals surface area (Å²) in [4.78, 5) is 11.7. The summed E-state index contributed by atoms with van der Waals surface area (Å²) >= 11 is 0. The van der Waals surface area contributed by atoms with Crippen LogP contribution in [0.4, 0.5) is 13.2 Å². The minimum absolute atomic E-state index is 0.480. The van der Waals surface area contributed by atoms with E-state index in [1.165, 1.54) is 19.2 Å². The predicted octanol–water partition coefficient (Wildman–Crippen LogP) is 5.58. The third-order valence-corrected chi connectivity index (χ3v) is 7.84. The minimum atomic E-state index is -4.39. The van der Waals surface area contributed by atoms with Gasteiger partial charge in [0.1, 0.15) is 11.7 Å². The third kappa shape index (κ3) is 5.20. The van der Waals surface area contributed by atoms with Gasteiger partial charge in [-0.05, 0) is 17.3 Å². The topological polar surface area (TPSA) is 26.3 Å². The molecule has 0 atom stereocenters. The molecule has 2 nitrogen and oxygen atoms in total. The summed E-state index contributed by atoms with van der Waals surface area (Å²) in [6.07, 6.45) is -4.39. The molecule has 0 aromatic heterocycles. The summed E-state index contributed by atoms with van der Waals surface area (Å²) in [6.45, 7) is 12.4. The van der Waals surface area contributed by atoms with Gasteiger partial charge in [0.25, 0.3) is 0 Å². The van der Waals surface area contributed by atoms with Gasteiger partial charge in [-0.3, -0.25) is 0 Å². The lowest BCUT2D eigenvalue weighted by Crippen LogP contribution is -2.36. The number of methoxy groups -OCH3 is 1. The van der Waals surface area contributed by atoms with Gasteiger partial charge in [0, 0.05) is 10.8 Å². The minimum Gasteiger partial charge on any atom is -0.496 e. The van der Waals surface area contributed by atoms with E-state index in [0.29, 0.717) is 16.5 Å². The van der Waals surface area contributed by atoms with Gasteiger partial charge in [-0.2, -0.15) is 13.2 Å². The summed E-state index contributed by atoms with van der Waals surface area (Å²) in [5, 5.41) is 1.48. The molecule has 0 N–H and O–H groups in total. The second-order valence-corrected chi connectivity index (χ2v) is 18.0. The van der Waals surface area contributed by atoms with E-state index in [1.807, 2.05) is 19.6 Å². The molecule has 0 radical (unpaired) electrons. The van der Waals surface area contributed by atoms with Gasteiger partial charge in [-0.15, -0.1) is 0 Å². The molecule has 0 unspecified atom stereocenters. The van der Waals surface area contributed by atoms with Crippen molar-refractivity contribution in [1.82, 2.24) is 0 Å². The molecule has 0 aliphatic carbocycles. The molecule has 0 amide bonds. The molecule has 0 spiro atoms.